The standard InChI is InChI=1S/C26H21F4NO.ClH/c27-24-10-8-19(9-11-24)18-4-6-21(7-5-18)25(32)17-31-14-12-20(13-15-31)22-2-1-3-23(16-22)26(28,29)30;/h1-12,16H,13-15,17H2;1H. The van der Waals surface area contributed by atoms with Crippen molar-refractivity contribution >= 4 is 23.8 Å². The molecule has 0 radical (unpaired) electrons. The fraction of sp³-hybridized carbons (Fsp3) is 0.192. The first-order chi connectivity index (χ1) is 15.3. The lowest BCUT2D eigenvalue weighted by molar-refractivity contribution is -0.137. The van der Waals surface area contributed by atoms with Crippen LogP contribution in [0.15, 0.2) is 78.9 Å². The van der Waals surface area contributed by atoms with Gasteiger partial charge in [-0.25, -0.2) is 4.39 Å². The Morgan fingerprint density at radius 2 is 1.52 bits per heavy atom. The average Bonchev–Trinajstić information content (AvgIpc) is 2.80. The largest absolute Gasteiger partial charge is 0.416 e. The van der Waals surface area contributed by atoms with Crippen LogP contribution in [-0.2, 0) is 6.18 Å². The molecular weight excluding hydrogens is 454 g/mol. The average molecular weight is 476 g/mol. The summed E-state index contributed by atoms with van der Waals surface area (Å²) in [6.07, 6.45) is -1.89. The summed E-state index contributed by atoms with van der Waals surface area (Å²) in [5.41, 5.74) is 3.13. The second-order valence-electron chi connectivity index (χ2n) is 7.80. The molecular formula is C26H22ClF4NO. The zero-order valence-electron chi connectivity index (χ0n) is 17.6. The lowest BCUT2D eigenvalue weighted by Gasteiger charge is -2.26. The van der Waals surface area contributed by atoms with Gasteiger partial charge in [0.1, 0.15) is 5.82 Å². The molecule has 7 heteroatoms. The van der Waals surface area contributed by atoms with Gasteiger partial charge >= 0.3 is 6.18 Å². The fourth-order valence-corrected chi connectivity index (χ4v) is 3.80. The monoisotopic (exact) mass is 475 g/mol. The first kappa shape index (κ1) is 24.7. The minimum Gasteiger partial charge on any atom is -0.293 e. The molecule has 0 atom stereocenters. The smallest absolute Gasteiger partial charge is 0.293 e. The summed E-state index contributed by atoms with van der Waals surface area (Å²) in [7, 11) is 0. The number of rotatable bonds is 5. The zero-order valence-corrected chi connectivity index (χ0v) is 18.4. The highest BCUT2D eigenvalue weighted by molar-refractivity contribution is 5.98. The predicted molar refractivity (Wildman–Crippen MR) is 124 cm³/mol. The maximum atomic E-state index is 13.1. The highest BCUT2D eigenvalue weighted by Gasteiger charge is 2.30. The second kappa shape index (κ2) is 10.3. The summed E-state index contributed by atoms with van der Waals surface area (Å²) < 4.78 is 52.0. The lowest BCUT2D eigenvalue weighted by atomic mass is 9.97. The number of hydrogen-bond donors (Lipinski definition) is 0. The molecule has 0 N–H and O–H groups in total. The Kier molecular flexibility index (Phi) is 7.72. The number of nitrogens with zero attached hydrogens (tertiary/aromatic N) is 1. The van der Waals surface area contributed by atoms with Crippen molar-refractivity contribution in [1.29, 1.82) is 0 Å². The van der Waals surface area contributed by atoms with Crippen LogP contribution in [0.5, 0.6) is 0 Å². The summed E-state index contributed by atoms with van der Waals surface area (Å²) >= 11 is 0. The summed E-state index contributed by atoms with van der Waals surface area (Å²) in [6, 6.07) is 18.7. The molecule has 172 valence electrons. The number of carbonyl (C=O) groups is 1. The van der Waals surface area contributed by atoms with E-state index < -0.39 is 11.7 Å². The third kappa shape index (κ3) is 6.09. The maximum Gasteiger partial charge on any atom is 0.416 e. The van der Waals surface area contributed by atoms with Crippen LogP contribution < -0.4 is 0 Å². The Labute approximate surface area is 196 Å². The molecule has 0 spiro atoms. The molecule has 2 nitrogen and oxygen atoms in total. The normalized spacial score (nSPS) is 14.4. The molecule has 0 aliphatic carbocycles. The Bertz CT molecular complexity index is 1140. The maximum absolute atomic E-state index is 13.1. The number of Topliss-reactive ketones (excluding diaryl/α,β-unsaturated/α-hetero) is 1. The van der Waals surface area contributed by atoms with E-state index in [4.69, 9.17) is 0 Å². The summed E-state index contributed by atoms with van der Waals surface area (Å²) in [5.74, 6) is -0.320. The van der Waals surface area contributed by atoms with E-state index in [1.165, 1.54) is 24.3 Å². The van der Waals surface area contributed by atoms with Crippen LogP contribution in [-0.4, -0.2) is 30.3 Å². The van der Waals surface area contributed by atoms with Gasteiger partial charge in [0, 0.05) is 18.7 Å². The van der Waals surface area contributed by atoms with Crippen LogP contribution in [0.25, 0.3) is 16.7 Å². The number of halogens is 5. The molecule has 33 heavy (non-hydrogen) atoms. The summed E-state index contributed by atoms with van der Waals surface area (Å²) in [6.45, 7) is 1.34. The van der Waals surface area contributed by atoms with Gasteiger partial charge < -0.3 is 0 Å². The van der Waals surface area contributed by atoms with Crippen molar-refractivity contribution in [3.63, 3.8) is 0 Å². The highest BCUT2D eigenvalue weighted by Crippen LogP contribution is 2.32. The molecule has 0 amide bonds. The third-order valence-electron chi connectivity index (χ3n) is 5.61. The number of benzene rings is 3. The van der Waals surface area contributed by atoms with Crippen LogP contribution in [0.3, 0.4) is 0 Å². The number of ketones is 1. The van der Waals surface area contributed by atoms with Crippen molar-refractivity contribution in [2.24, 2.45) is 0 Å². The number of alkyl halides is 3. The van der Waals surface area contributed by atoms with Gasteiger partial charge in [0.05, 0.1) is 12.1 Å². The Morgan fingerprint density at radius 1 is 0.879 bits per heavy atom. The molecule has 0 unspecified atom stereocenters. The Balaban J connectivity index is 0.00000306. The van der Waals surface area contributed by atoms with Crippen LogP contribution in [0, 0.1) is 5.82 Å². The van der Waals surface area contributed by atoms with Crippen molar-refractivity contribution < 1.29 is 22.4 Å². The molecule has 3 aromatic rings. The van der Waals surface area contributed by atoms with Crippen molar-refractivity contribution in [3.05, 3.63) is 101 Å². The first-order valence-corrected chi connectivity index (χ1v) is 10.3. The minimum atomic E-state index is -4.37. The van der Waals surface area contributed by atoms with Crippen molar-refractivity contribution in [2.45, 2.75) is 12.6 Å². The number of hydrogen-bond acceptors (Lipinski definition) is 2. The quantitative estimate of drug-likeness (QED) is 0.295. The Hall–Kier alpha value is -2.96. The van der Waals surface area contributed by atoms with Gasteiger partial charge in [0.15, 0.2) is 5.78 Å². The second-order valence-corrected chi connectivity index (χ2v) is 7.80. The minimum absolute atomic E-state index is 0. The van der Waals surface area contributed by atoms with Crippen LogP contribution >= 0.6 is 12.4 Å². The van der Waals surface area contributed by atoms with Gasteiger partial charge in [-0.05, 0) is 52.9 Å². The SMILES string of the molecule is Cl.O=C(CN1CC=C(c2cccc(C(F)(F)F)c2)CC1)c1ccc(-c2ccc(F)cc2)cc1. The van der Waals surface area contributed by atoms with E-state index in [2.05, 4.69) is 0 Å². The molecule has 0 bridgehead atoms. The van der Waals surface area contributed by atoms with E-state index in [0.717, 1.165) is 22.8 Å². The Morgan fingerprint density at radius 3 is 2.09 bits per heavy atom. The van der Waals surface area contributed by atoms with E-state index in [1.54, 1.807) is 30.3 Å². The van der Waals surface area contributed by atoms with E-state index in [9.17, 15) is 22.4 Å². The van der Waals surface area contributed by atoms with Crippen molar-refractivity contribution in [2.75, 3.05) is 19.6 Å². The molecule has 1 aliphatic rings. The van der Waals surface area contributed by atoms with Gasteiger partial charge in [-0.3, -0.25) is 9.69 Å². The number of carbonyl (C=O) groups excluding carboxylic acids is 1. The van der Waals surface area contributed by atoms with Gasteiger partial charge in [-0.1, -0.05) is 54.6 Å². The van der Waals surface area contributed by atoms with Crippen LogP contribution in [0.2, 0.25) is 0 Å². The van der Waals surface area contributed by atoms with Gasteiger partial charge in [-0.15, -0.1) is 12.4 Å². The van der Waals surface area contributed by atoms with E-state index in [-0.39, 0.29) is 30.6 Å². The molecule has 1 aliphatic heterocycles. The fourth-order valence-electron chi connectivity index (χ4n) is 3.80. The van der Waals surface area contributed by atoms with Crippen molar-refractivity contribution in [1.82, 2.24) is 4.90 Å². The topological polar surface area (TPSA) is 20.3 Å². The molecule has 0 saturated heterocycles. The first-order valence-electron chi connectivity index (χ1n) is 10.3. The molecule has 0 saturated carbocycles. The van der Waals surface area contributed by atoms with Crippen molar-refractivity contribution in [3.8, 4) is 11.1 Å². The highest BCUT2D eigenvalue weighted by atomic mass is 35.5. The third-order valence-corrected chi connectivity index (χ3v) is 5.61. The van der Waals surface area contributed by atoms with E-state index in [1.807, 2.05) is 23.1 Å². The van der Waals surface area contributed by atoms with Gasteiger partial charge in [-0.2, -0.15) is 13.2 Å². The molecule has 0 aromatic heterocycles. The summed E-state index contributed by atoms with van der Waals surface area (Å²) in [4.78, 5) is 14.7. The zero-order chi connectivity index (χ0) is 22.7. The molecule has 0 fully saturated rings. The summed E-state index contributed by atoms with van der Waals surface area (Å²) in [5, 5.41) is 0. The van der Waals surface area contributed by atoms with Crippen LogP contribution in [0.1, 0.15) is 27.9 Å². The van der Waals surface area contributed by atoms with Gasteiger partial charge in [0.25, 0.3) is 0 Å². The van der Waals surface area contributed by atoms with Gasteiger partial charge in [0.2, 0.25) is 0 Å². The molecule has 3 aromatic carbocycles. The van der Waals surface area contributed by atoms with E-state index in [0.29, 0.717) is 30.6 Å². The predicted octanol–water partition coefficient (Wildman–Crippen LogP) is 6.91. The van der Waals surface area contributed by atoms with Crippen LogP contribution in [0.4, 0.5) is 17.6 Å². The molecule has 4 rings (SSSR count). The lowest BCUT2D eigenvalue weighted by Crippen LogP contribution is -2.33. The molecule has 1 heterocycles. The van der Waals surface area contributed by atoms with E-state index >= 15 is 0 Å².